The third-order valence-electron chi connectivity index (χ3n) is 2.35. The third-order valence-corrected chi connectivity index (χ3v) is 2.35. The van der Waals surface area contributed by atoms with E-state index in [1.807, 2.05) is 60.7 Å². The molecule has 0 aliphatic heterocycles. The largest absolute Gasteiger partial charge is 0.383 e. The summed E-state index contributed by atoms with van der Waals surface area (Å²) in [6.45, 7) is 0. The van der Waals surface area contributed by atoms with Crippen molar-refractivity contribution in [2.24, 2.45) is 10.7 Å². The standard InChI is InChI=1S/C14H13N3/c15-13(11-7-3-1-4-8-11)17-14(16)12-9-5-2-6-10-12/h1-10H,(H3,15,16,17). The van der Waals surface area contributed by atoms with Gasteiger partial charge in [0.25, 0.3) is 0 Å². The fraction of sp³-hybridized carbons (Fsp3) is 0. The lowest BCUT2D eigenvalue weighted by molar-refractivity contribution is 1.40. The molecule has 0 unspecified atom stereocenters. The van der Waals surface area contributed by atoms with E-state index in [2.05, 4.69) is 4.99 Å². The first-order chi connectivity index (χ1) is 8.27. The highest BCUT2D eigenvalue weighted by atomic mass is 14.9. The average molecular weight is 223 g/mol. The van der Waals surface area contributed by atoms with Gasteiger partial charge in [0.1, 0.15) is 5.84 Å². The summed E-state index contributed by atoms with van der Waals surface area (Å²) in [6.07, 6.45) is 0. The normalized spacial score (nSPS) is 11.2. The fourth-order valence-electron chi connectivity index (χ4n) is 1.45. The molecular formula is C14H13N3. The fourth-order valence-corrected chi connectivity index (χ4v) is 1.45. The first kappa shape index (κ1) is 11.1. The number of hydrogen-bond donors (Lipinski definition) is 2. The molecule has 84 valence electrons. The zero-order chi connectivity index (χ0) is 12.1. The molecule has 0 radical (unpaired) electrons. The maximum absolute atomic E-state index is 7.84. The quantitative estimate of drug-likeness (QED) is 0.596. The van der Waals surface area contributed by atoms with Crippen LogP contribution in [0.25, 0.3) is 0 Å². The summed E-state index contributed by atoms with van der Waals surface area (Å²) in [5, 5.41) is 7.84. The molecule has 17 heavy (non-hydrogen) atoms. The van der Waals surface area contributed by atoms with Crippen LogP contribution in [0, 0.1) is 5.41 Å². The van der Waals surface area contributed by atoms with Crippen molar-refractivity contribution in [3.8, 4) is 0 Å². The van der Waals surface area contributed by atoms with Crippen LogP contribution in [0.5, 0.6) is 0 Å². The third kappa shape index (κ3) is 2.78. The number of benzene rings is 2. The molecule has 0 bridgehead atoms. The van der Waals surface area contributed by atoms with E-state index in [1.54, 1.807) is 0 Å². The smallest absolute Gasteiger partial charge is 0.154 e. The minimum absolute atomic E-state index is 0.173. The Bertz CT molecular complexity index is 530. The van der Waals surface area contributed by atoms with Crippen LogP contribution in [0.15, 0.2) is 65.7 Å². The molecular weight excluding hydrogens is 210 g/mol. The predicted octanol–water partition coefficient (Wildman–Crippen LogP) is 2.42. The van der Waals surface area contributed by atoms with Gasteiger partial charge in [-0.3, -0.25) is 5.41 Å². The molecule has 3 N–H and O–H groups in total. The Balaban J connectivity index is 2.24. The average Bonchev–Trinajstić information content (AvgIpc) is 2.40. The zero-order valence-electron chi connectivity index (χ0n) is 9.30. The molecule has 0 amide bonds. The molecule has 3 nitrogen and oxygen atoms in total. The topological polar surface area (TPSA) is 62.2 Å². The number of nitrogens with two attached hydrogens (primary N) is 1. The molecule has 2 aromatic rings. The Morgan fingerprint density at radius 2 is 1.29 bits per heavy atom. The highest BCUT2D eigenvalue weighted by Gasteiger charge is 2.01. The Morgan fingerprint density at radius 3 is 1.82 bits per heavy atom. The number of nitrogens with one attached hydrogen (secondary N) is 1. The van der Waals surface area contributed by atoms with Crippen LogP contribution in [-0.4, -0.2) is 11.7 Å². The molecule has 0 fully saturated rings. The predicted molar refractivity (Wildman–Crippen MR) is 70.4 cm³/mol. The van der Waals surface area contributed by atoms with Crippen molar-refractivity contribution in [1.29, 1.82) is 5.41 Å². The molecule has 2 aromatic carbocycles. The van der Waals surface area contributed by atoms with Crippen LogP contribution >= 0.6 is 0 Å². The van der Waals surface area contributed by atoms with Crippen molar-refractivity contribution in [3.05, 3.63) is 71.8 Å². The van der Waals surface area contributed by atoms with Crippen molar-refractivity contribution in [1.82, 2.24) is 0 Å². The first-order valence-corrected chi connectivity index (χ1v) is 5.31. The van der Waals surface area contributed by atoms with E-state index in [1.165, 1.54) is 0 Å². The highest BCUT2D eigenvalue weighted by Crippen LogP contribution is 2.03. The lowest BCUT2D eigenvalue weighted by Gasteiger charge is -2.02. The van der Waals surface area contributed by atoms with Gasteiger partial charge in [0.05, 0.1) is 0 Å². The molecule has 0 aliphatic rings. The van der Waals surface area contributed by atoms with Crippen LogP contribution in [0.4, 0.5) is 0 Å². The van der Waals surface area contributed by atoms with Gasteiger partial charge < -0.3 is 5.73 Å². The Kier molecular flexibility index (Phi) is 3.31. The van der Waals surface area contributed by atoms with Crippen molar-refractivity contribution in [3.63, 3.8) is 0 Å². The minimum atomic E-state index is 0.173. The van der Waals surface area contributed by atoms with Crippen molar-refractivity contribution >= 4 is 11.7 Å². The van der Waals surface area contributed by atoms with E-state index in [4.69, 9.17) is 11.1 Å². The van der Waals surface area contributed by atoms with E-state index >= 15 is 0 Å². The second kappa shape index (κ2) is 5.07. The second-order valence-corrected chi connectivity index (χ2v) is 3.58. The van der Waals surface area contributed by atoms with Gasteiger partial charge >= 0.3 is 0 Å². The molecule has 0 heterocycles. The van der Waals surface area contributed by atoms with Crippen molar-refractivity contribution < 1.29 is 0 Å². The van der Waals surface area contributed by atoms with E-state index in [9.17, 15) is 0 Å². The molecule has 2 rings (SSSR count). The van der Waals surface area contributed by atoms with Crippen LogP contribution in [0.3, 0.4) is 0 Å². The Hall–Kier alpha value is -2.42. The van der Waals surface area contributed by atoms with E-state index in [0.717, 1.165) is 11.1 Å². The van der Waals surface area contributed by atoms with Crippen LogP contribution in [-0.2, 0) is 0 Å². The lowest BCUT2D eigenvalue weighted by atomic mass is 10.2. The van der Waals surface area contributed by atoms with E-state index in [-0.39, 0.29) is 5.84 Å². The number of rotatable bonds is 2. The van der Waals surface area contributed by atoms with E-state index in [0.29, 0.717) is 5.84 Å². The monoisotopic (exact) mass is 223 g/mol. The summed E-state index contributed by atoms with van der Waals surface area (Å²) in [5.41, 5.74) is 7.43. The summed E-state index contributed by atoms with van der Waals surface area (Å²) in [6, 6.07) is 18.8. The van der Waals surface area contributed by atoms with Gasteiger partial charge in [0.15, 0.2) is 5.84 Å². The molecule has 0 aromatic heterocycles. The molecule has 3 heteroatoms. The van der Waals surface area contributed by atoms with Crippen molar-refractivity contribution in [2.75, 3.05) is 0 Å². The van der Waals surface area contributed by atoms with Gasteiger partial charge in [0, 0.05) is 11.1 Å². The van der Waals surface area contributed by atoms with Crippen molar-refractivity contribution in [2.45, 2.75) is 0 Å². The number of nitrogens with zero attached hydrogens (tertiary/aromatic N) is 1. The summed E-state index contributed by atoms with van der Waals surface area (Å²) >= 11 is 0. The van der Waals surface area contributed by atoms with Gasteiger partial charge in [-0.05, 0) is 0 Å². The first-order valence-electron chi connectivity index (χ1n) is 5.31. The lowest BCUT2D eigenvalue weighted by Crippen LogP contribution is -2.15. The number of amidine groups is 2. The molecule has 0 atom stereocenters. The molecule has 0 saturated heterocycles. The molecule has 0 spiro atoms. The SMILES string of the molecule is N=C(/N=C(\N)c1ccccc1)c1ccccc1. The Labute approximate surface area is 100 Å². The van der Waals surface area contributed by atoms with Gasteiger partial charge in [-0.2, -0.15) is 0 Å². The summed E-state index contributed by atoms with van der Waals surface area (Å²) in [7, 11) is 0. The van der Waals surface area contributed by atoms with Crippen LogP contribution in [0.1, 0.15) is 11.1 Å². The zero-order valence-corrected chi connectivity index (χ0v) is 9.30. The maximum Gasteiger partial charge on any atom is 0.154 e. The van der Waals surface area contributed by atoms with Gasteiger partial charge in [-0.1, -0.05) is 60.7 Å². The van der Waals surface area contributed by atoms with Gasteiger partial charge in [-0.25, -0.2) is 4.99 Å². The Morgan fingerprint density at radius 1 is 0.824 bits per heavy atom. The summed E-state index contributed by atoms with van der Waals surface area (Å²) in [5.74, 6) is 0.534. The molecule has 0 saturated carbocycles. The van der Waals surface area contributed by atoms with Crippen LogP contribution in [0.2, 0.25) is 0 Å². The van der Waals surface area contributed by atoms with Gasteiger partial charge in [0.2, 0.25) is 0 Å². The number of hydrogen-bond acceptors (Lipinski definition) is 1. The minimum Gasteiger partial charge on any atom is -0.383 e. The van der Waals surface area contributed by atoms with Gasteiger partial charge in [-0.15, -0.1) is 0 Å². The number of aliphatic imine (C=N–C) groups is 1. The second-order valence-electron chi connectivity index (χ2n) is 3.58. The highest BCUT2D eigenvalue weighted by molar-refractivity contribution is 6.09. The maximum atomic E-state index is 7.84. The summed E-state index contributed by atoms with van der Waals surface area (Å²) < 4.78 is 0. The molecule has 0 aliphatic carbocycles. The van der Waals surface area contributed by atoms with E-state index < -0.39 is 0 Å². The summed E-state index contributed by atoms with van der Waals surface area (Å²) in [4.78, 5) is 4.10. The van der Waals surface area contributed by atoms with Crippen LogP contribution < -0.4 is 5.73 Å².